The SMILES string of the molecule is Cc1ccc2c(=O)[nH]cnc2c1.[HH]. The fourth-order valence-corrected chi connectivity index (χ4v) is 1.18. The molecule has 0 aliphatic carbocycles. The molecular weight excluding hydrogens is 152 g/mol. The summed E-state index contributed by atoms with van der Waals surface area (Å²) in [5.41, 5.74) is 1.78. The van der Waals surface area contributed by atoms with Gasteiger partial charge >= 0.3 is 0 Å². The van der Waals surface area contributed by atoms with Crippen LogP contribution in [0, 0.1) is 6.92 Å². The Kier molecular flexibility index (Phi) is 1.43. The molecule has 0 saturated heterocycles. The lowest BCUT2D eigenvalue weighted by molar-refractivity contribution is 1.17. The second-order valence-electron chi connectivity index (χ2n) is 2.75. The molecule has 0 unspecified atom stereocenters. The summed E-state index contributed by atoms with van der Waals surface area (Å²) in [5.74, 6) is 0. The summed E-state index contributed by atoms with van der Waals surface area (Å²) in [7, 11) is 0. The molecule has 0 radical (unpaired) electrons. The van der Waals surface area contributed by atoms with Crippen LogP contribution in [0.4, 0.5) is 0 Å². The standard InChI is InChI=1S/C9H8N2O.H2/c1-6-2-3-7-8(4-6)10-5-11-9(7)12;/h2-5H,1H3,(H,10,11,12);1H. The Morgan fingerprint density at radius 1 is 1.50 bits per heavy atom. The van der Waals surface area contributed by atoms with Crippen molar-refractivity contribution in [3.05, 3.63) is 40.4 Å². The van der Waals surface area contributed by atoms with E-state index in [0.29, 0.717) is 5.39 Å². The van der Waals surface area contributed by atoms with Gasteiger partial charge in [-0.1, -0.05) is 6.07 Å². The number of hydrogen-bond acceptors (Lipinski definition) is 2. The summed E-state index contributed by atoms with van der Waals surface area (Å²) in [6.45, 7) is 1.97. The second kappa shape index (κ2) is 2.44. The number of nitrogens with one attached hydrogen (secondary N) is 1. The number of aromatic amines is 1. The van der Waals surface area contributed by atoms with Crippen molar-refractivity contribution in [3.8, 4) is 0 Å². The number of nitrogens with zero attached hydrogens (tertiary/aromatic N) is 1. The van der Waals surface area contributed by atoms with Gasteiger partial charge in [0.1, 0.15) is 0 Å². The maximum atomic E-state index is 11.2. The van der Waals surface area contributed by atoms with Crippen molar-refractivity contribution in [1.29, 1.82) is 0 Å². The van der Waals surface area contributed by atoms with E-state index < -0.39 is 0 Å². The minimum atomic E-state index is -0.0833. The summed E-state index contributed by atoms with van der Waals surface area (Å²) in [5, 5.41) is 0.642. The summed E-state index contributed by atoms with van der Waals surface area (Å²) in [4.78, 5) is 17.8. The zero-order valence-electron chi connectivity index (χ0n) is 6.66. The third-order valence-electron chi connectivity index (χ3n) is 1.80. The zero-order chi connectivity index (χ0) is 8.55. The Hall–Kier alpha value is -1.64. The number of H-pyrrole nitrogens is 1. The van der Waals surface area contributed by atoms with Crippen molar-refractivity contribution in [2.75, 3.05) is 0 Å². The number of fused-ring (bicyclic) bond motifs is 1. The Balaban J connectivity index is 0.000000845. The topological polar surface area (TPSA) is 45.8 Å². The number of aryl methyl sites for hydroxylation is 1. The minimum absolute atomic E-state index is 0. The summed E-state index contributed by atoms with van der Waals surface area (Å²) < 4.78 is 0. The van der Waals surface area contributed by atoms with Gasteiger partial charge in [0.15, 0.2) is 0 Å². The average molecular weight is 162 g/mol. The first kappa shape index (κ1) is 7.03. The number of rotatable bonds is 0. The maximum Gasteiger partial charge on any atom is 0.258 e. The number of aromatic nitrogens is 2. The molecule has 0 fully saturated rings. The molecule has 2 aromatic rings. The predicted octanol–water partition coefficient (Wildman–Crippen LogP) is 1.48. The van der Waals surface area contributed by atoms with E-state index in [1.165, 1.54) is 6.33 Å². The lowest BCUT2D eigenvalue weighted by atomic mass is 10.2. The second-order valence-corrected chi connectivity index (χ2v) is 2.75. The first-order valence-electron chi connectivity index (χ1n) is 3.71. The van der Waals surface area contributed by atoms with Gasteiger partial charge in [-0.3, -0.25) is 4.79 Å². The summed E-state index contributed by atoms with van der Waals surface area (Å²) in [6.07, 6.45) is 1.42. The van der Waals surface area contributed by atoms with Crippen molar-refractivity contribution < 1.29 is 1.43 Å². The molecule has 1 N–H and O–H groups in total. The van der Waals surface area contributed by atoms with E-state index in [-0.39, 0.29) is 6.99 Å². The lowest BCUT2D eigenvalue weighted by Crippen LogP contribution is -2.05. The molecule has 0 saturated carbocycles. The first-order valence-corrected chi connectivity index (χ1v) is 3.71. The Labute approximate surface area is 70.6 Å². The first-order chi connectivity index (χ1) is 5.77. The smallest absolute Gasteiger partial charge is 0.258 e. The molecule has 3 heteroatoms. The van der Waals surface area contributed by atoms with Crippen LogP contribution in [0.15, 0.2) is 29.3 Å². The number of benzene rings is 1. The minimum Gasteiger partial charge on any atom is -0.313 e. The third-order valence-corrected chi connectivity index (χ3v) is 1.80. The van der Waals surface area contributed by atoms with Crippen LogP contribution in [-0.2, 0) is 0 Å². The zero-order valence-corrected chi connectivity index (χ0v) is 6.66. The quantitative estimate of drug-likeness (QED) is 0.637. The van der Waals surface area contributed by atoms with E-state index in [0.717, 1.165) is 11.1 Å². The largest absolute Gasteiger partial charge is 0.313 e. The molecule has 1 aromatic heterocycles. The van der Waals surface area contributed by atoms with Gasteiger partial charge in [-0.05, 0) is 24.6 Å². The molecule has 2 rings (SSSR count). The lowest BCUT2D eigenvalue weighted by Gasteiger charge is -1.95. The highest BCUT2D eigenvalue weighted by atomic mass is 16.1. The third kappa shape index (κ3) is 0.993. The monoisotopic (exact) mass is 162 g/mol. The molecule has 3 nitrogen and oxygen atoms in total. The summed E-state index contributed by atoms with van der Waals surface area (Å²) in [6, 6.07) is 5.58. The molecule has 0 bridgehead atoms. The molecule has 12 heavy (non-hydrogen) atoms. The van der Waals surface area contributed by atoms with Crippen LogP contribution in [0.3, 0.4) is 0 Å². The number of hydrogen-bond donors (Lipinski definition) is 1. The normalized spacial score (nSPS) is 10.4. The fraction of sp³-hybridized carbons (Fsp3) is 0.111. The van der Waals surface area contributed by atoms with Gasteiger partial charge in [0.05, 0.1) is 17.2 Å². The van der Waals surface area contributed by atoms with E-state index in [1.54, 1.807) is 6.07 Å². The van der Waals surface area contributed by atoms with Crippen LogP contribution in [0.1, 0.15) is 6.99 Å². The van der Waals surface area contributed by atoms with Crippen LogP contribution in [0.25, 0.3) is 10.9 Å². The van der Waals surface area contributed by atoms with E-state index in [9.17, 15) is 4.79 Å². The molecule has 62 valence electrons. The Bertz CT molecular complexity index is 478. The van der Waals surface area contributed by atoms with Crippen LogP contribution < -0.4 is 5.56 Å². The van der Waals surface area contributed by atoms with E-state index in [4.69, 9.17) is 0 Å². The van der Waals surface area contributed by atoms with Crippen LogP contribution in [0.5, 0.6) is 0 Å². The van der Waals surface area contributed by atoms with Crippen molar-refractivity contribution in [1.82, 2.24) is 9.97 Å². The van der Waals surface area contributed by atoms with Crippen molar-refractivity contribution in [2.45, 2.75) is 6.92 Å². The molecule has 0 spiro atoms. The van der Waals surface area contributed by atoms with Crippen LogP contribution >= 0.6 is 0 Å². The highest BCUT2D eigenvalue weighted by molar-refractivity contribution is 5.77. The van der Waals surface area contributed by atoms with Crippen molar-refractivity contribution in [3.63, 3.8) is 0 Å². The predicted molar refractivity (Wildman–Crippen MR) is 49.2 cm³/mol. The Morgan fingerprint density at radius 3 is 3.17 bits per heavy atom. The molecule has 0 aliphatic heterocycles. The molecule has 0 aliphatic rings. The van der Waals surface area contributed by atoms with E-state index in [1.807, 2.05) is 19.1 Å². The van der Waals surface area contributed by atoms with Gasteiger partial charge in [-0.25, -0.2) is 4.98 Å². The van der Waals surface area contributed by atoms with Crippen LogP contribution in [0.2, 0.25) is 0 Å². The fourth-order valence-electron chi connectivity index (χ4n) is 1.18. The van der Waals surface area contributed by atoms with Gasteiger partial charge in [-0.2, -0.15) is 0 Å². The van der Waals surface area contributed by atoms with Crippen molar-refractivity contribution in [2.24, 2.45) is 0 Å². The molecule has 0 atom stereocenters. The highest BCUT2D eigenvalue weighted by Crippen LogP contribution is 2.07. The molecule has 0 amide bonds. The van der Waals surface area contributed by atoms with Gasteiger partial charge in [-0.15, -0.1) is 0 Å². The molecule has 1 heterocycles. The maximum absolute atomic E-state index is 11.2. The van der Waals surface area contributed by atoms with Gasteiger partial charge in [0.2, 0.25) is 0 Å². The highest BCUT2D eigenvalue weighted by Gasteiger charge is 1.97. The van der Waals surface area contributed by atoms with E-state index >= 15 is 0 Å². The van der Waals surface area contributed by atoms with Gasteiger partial charge in [0.25, 0.3) is 5.56 Å². The average Bonchev–Trinajstić information content (AvgIpc) is 2.04. The molecular formula is C9H10N2O. The van der Waals surface area contributed by atoms with Crippen molar-refractivity contribution >= 4 is 10.9 Å². The van der Waals surface area contributed by atoms with E-state index in [2.05, 4.69) is 9.97 Å². The molecule has 1 aromatic carbocycles. The van der Waals surface area contributed by atoms with Crippen LogP contribution in [-0.4, -0.2) is 9.97 Å². The Morgan fingerprint density at radius 2 is 2.33 bits per heavy atom. The van der Waals surface area contributed by atoms with Gasteiger partial charge in [0, 0.05) is 1.43 Å². The summed E-state index contributed by atoms with van der Waals surface area (Å²) >= 11 is 0. The van der Waals surface area contributed by atoms with Gasteiger partial charge < -0.3 is 4.98 Å².